The van der Waals surface area contributed by atoms with Crippen LogP contribution >= 0.6 is 0 Å². The summed E-state index contributed by atoms with van der Waals surface area (Å²) in [6, 6.07) is 8.79. The Kier molecular flexibility index (Phi) is 3.35. The van der Waals surface area contributed by atoms with Gasteiger partial charge in [0.1, 0.15) is 0 Å². The maximum atomic E-state index is 12.2. The maximum absolute atomic E-state index is 12.2. The first-order valence-electron chi connectivity index (χ1n) is 5.42. The van der Waals surface area contributed by atoms with Gasteiger partial charge in [-0.15, -0.1) is 0 Å². The lowest BCUT2D eigenvalue weighted by atomic mass is 10.2. The van der Waals surface area contributed by atoms with Crippen LogP contribution in [-0.2, 0) is 9.84 Å². The summed E-state index contributed by atoms with van der Waals surface area (Å²) in [6.07, 6.45) is 1.03. The SMILES string of the molecule is Cc1ccc(S(=O)(=O)c2ccc(C(=O)O)cn2)cc1. The minimum Gasteiger partial charge on any atom is -0.478 e. The van der Waals surface area contributed by atoms with Crippen LogP contribution in [0, 0.1) is 6.92 Å². The van der Waals surface area contributed by atoms with Crippen molar-refractivity contribution in [2.24, 2.45) is 0 Å². The van der Waals surface area contributed by atoms with Gasteiger partial charge in [0.25, 0.3) is 0 Å². The molecule has 19 heavy (non-hydrogen) atoms. The van der Waals surface area contributed by atoms with Gasteiger partial charge < -0.3 is 5.11 Å². The molecule has 0 atom stereocenters. The second kappa shape index (κ2) is 4.81. The first-order valence-corrected chi connectivity index (χ1v) is 6.91. The number of nitrogens with zero attached hydrogens (tertiary/aromatic N) is 1. The van der Waals surface area contributed by atoms with E-state index in [1.165, 1.54) is 24.3 Å². The summed E-state index contributed by atoms with van der Waals surface area (Å²) in [5, 5.41) is 8.57. The Labute approximate surface area is 110 Å². The summed E-state index contributed by atoms with van der Waals surface area (Å²) in [5.41, 5.74) is 0.899. The van der Waals surface area contributed by atoms with Crippen molar-refractivity contribution < 1.29 is 18.3 Å². The van der Waals surface area contributed by atoms with Crippen molar-refractivity contribution in [1.82, 2.24) is 4.98 Å². The fourth-order valence-corrected chi connectivity index (χ4v) is 2.68. The predicted octanol–water partition coefficient (Wildman–Crippen LogP) is 1.92. The van der Waals surface area contributed by atoms with E-state index in [1.807, 2.05) is 6.92 Å². The maximum Gasteiger partial charge on any atom is 0.337 e. The van der Waals surface area contributed by atoms with E-state index in [-0.39, 0.29) is 15.5 Å². The van der Waals surface area contributed by atoms with Crippen LogP contribution in [0.5, 0.6) is 0 Å². The Balaban J connectivity index is 2.44. The zero-order chi connectivity index (χ0) is 14.0. The van der Waals surface area contributed by atoms with Crippen LogP contribution in [0.1, 0.15) is 15.9 Å². The predicted molar refractivity (Wildman–Crippen MR) is 67.8 cm³/mol. The average molecular weight is 277 g/mol. The molecule has 0 radical (unpaired) electrons. The van der Waals surface area contributed by atoms with Gasteiger partial charge in [-0.25, -0.2) is 18.2 Å². The number of aromatic nitrogens is 1. The number of sulfone groups is 1. The lowest BCUT2D eigenvalue weighted by molar-refractivity contribution is 0.0696. The van der Waals surface area contributed by atoms with E-state index in [1.54, 1.807) is 12.1 Å². The Hall–Kier alpha value is -2.21. The molecule has 2 rings (SSSR count). The van der Waals surface area contributed by atoms with Crippen LogP contribution in [0.4, 0.5) is 0 Å². The summed E-state index contributed by atoms with van der Waals surface area (Å²) in [4.78, 5) is 14.5. The molecule has 0 bridgehead atoms. The van der Waals surface area contributed by atoms with Crippen LogP contribution in [0.15, 0.2) is 52.5 Å². The second-order valence-electron chi connectivity index (χ2n) is 4.01. The number of rotatable bonds is 3. The van der Waals surface area contributed by atoms with E-state index in [2.05, 4.69) is 4.98 Å². The van der Waals surface area contributed by atoms with Crippen molar-refractivity contribution in [2.45, 2.75) is 16.8 Å². The van der Waals surface area contributed by atoms with Crippen LogP contribution in [-0.4, -0.2) is 24.5 Å². The summed E-state index contributed by atoms with van der Waals surface area (Å²) in [5.74, 6) is -1.15. The van der Waals surface area contributed by atoms with E-state index < -0.39 is 15.8 Å². The molecule has 1 aromatic carbocycles. The van der Waals surface area contributed by atoms with Gasteiger partial charge in [0.2, 0.25) is 9.84 Å². The summed E-state index contributed by atoms with van der Waals surface area (Å²) in [7, 11) is -3.70. The highest BCUT2D eigenvalue weighted by atomic mass is 32.2. The molecule has 0 aliphatic carbocycles. The fraction of sp³-hybridized carbons (Fsp3) is 0.0769. The number of carboxylic acids is 1. The van der Waals surface area contributed by atoms with Gasteiger partial charge in [-0.1, -0.05) is 17.7 Å². The molecule has 0 aliphatic heterocycles. The van der Waals surface area contributed by atoms with Crippen molar-refractivity contribution in [3.8, 4) is 0 Å². The molecule has 0 aliphatic rings. The minimum atomic E-state index is -3.70. The Morgan fingerprint density at radius 2 is 1.74 bits per heavy atom. The number of aryl methyl sites for hydroxylation is 1. The fourth-order valence-electron chi connectivity index (χ4n) is 1.50. The van der Waals surface area contributed by atoms with Crippen molar-refractivity contribution in [1.29, 1.82) is 0 Å². The number of benzene rings is 1. The van der Waals surface area contributed by atoms with E-state index in [0.29, 0.717) is 0 Å². The number of hydrogen-bond acceptors (Lipinski definition) is 4. The molecule has 1 N–H and O–H groups in total. The number of aromatic carboxylic acids is 1. The van der Waals surface area contributed by atoms with Crippen LogP contribution < -0.4 is 0 Å². The van der Waals surface area contributed by atoms with Gasteiger partial charge in [-0.05, 0) is 31.2 Å². The van der Waals surface area contributed by atoms with Crippen molar-refractivity contribution in [3.05, 3.63) is 53.7 Å². The lowest BCUT2D eigenvalue weighted by Gasteiger charge is -2.04. The zero-order valence-electron chi connectivity index (χ0n) is 10.1. The quantitative estimate of drug-likeness (QED) is 0.926. The summed E-state index contributed by atoms with van der Waals surface area (Å²) in [6.45, 7) is 1.86. The third-order valence-corrected chi connectivity index (χ3v) is 4.27. The monoisotopic (exact) mass is 277 g/mol. The molecular weight excluding hydrogens is 266 g/mol. The van der Waals surface area contributed by atoms with E-state index >= 15 is 0 Å². The second-order valence-corrected chi connectivity index (χ2v) is 5.90. The molecule has 2 aromatic rings. The van der Waals surface area contributed by atoms with Crippen molar-refractivity contribution in [2.75, 3.05) is 0 Å². The highest BCUT2D eigenvalue weighted by Crippen LogP contribution is 2.19. The number of carbonyl (C=O) groups is 1. The highest BCUT2D eigenvalue weighted by molar-refractivity contribution is 7.91. The van der Waals surface area contributed by atoms with E-state index in [4.69, 9.17) is 5.11 Å². The average Bonchev–Trinajstić information content (AvgIpc) is 2.39. The van der Waals surface area contributed by atoms with Crippen LogP contribution in [0.3, 0.4) is 0 Å². The smallest absolute Gasteiger partial charge is 0.337 e. The largest absolute Gasteiger partial charge is 0.478 e. The standard InChI is InChI=1S/C13H11NO4S/c1-9-2-5-11(6-3-9)19(17,18)12-7-4-10(8-14-12)13(15)16/h2-8H,1H3,(H,15,16). The Bertz CT molecular complexity index is 703. The number of hydrogen-bond donors (Lipinski definition) is 1. The molecule has 98 valence electrons. The molecule has 1 heterocycles. The first kappa shape index (κ1) is 13.2. The van der Waals surface area contributed by atoms with E-state index in [9.17, 15) is 13.2 Å². The Morgan fingerprint density at radius 1 is 1.11 bits per heavy atom. The van der Waals surface area contributed by atoms with Gasteiger partial charge >= 0.3 is 5.97 Å². The molecule has 0 spiro atoms. The van der Waals surface area contributed by atoms with Gasteiger partial charge in [-0.2, -0.15) is 0 Å². The summed E-state index contributed by atoms with van der Waals surface area (Å²) >= 11 is 0. The number of carboxylic acid groups (broad SMARTS) is 1. The molecule has 0 unspecified atom stereocenters. The molecule has 5 nitrogen and oxygen atoms in total. The highest BCUT2D eigenvalue weighted by Gasteiger charge is 2.19. The van der Waals surface area contributed by atoms with E-state index in [0.717, 1.165) is 11.8 Å². The van der Waals surface area contributed by atoms with Crippen LogP contribution in [0.2, 0.25) is 0 Å². The summed E-state index contributed by atoms with van der Waals surface area (Å²) < 4.78 is 24.4. The van der Waals surface area contributed by atoms with Crippen LogP contribution in [0.25, 0.3) is 0 Å². The van der Waals surface area contributed by atoms with Gasteiger partial charge in [0.05, 0.1) is 10.5 Å². The molecule has 0 saturated heterocycles. The van der Waals surface area contributed by atoms with Gasteiger partial charge in [0.15, 0.2) is 5.03 Å². The molecule has 6 heteroatoms. The molecule has 0 fully saturated rings. The topological polar surface area (TPSA) is 84.3 Å². The third kappa shape index (κ3) is 2.63. The first-order chi connectivity index (χ1) is 8.91. The minimum absolute atomic E-state index is 0.0529. The third-order valence-electron chi connectivity index (χ3n) is 2.59. The molecule has 0 saturated carbocycles. The normalized spacial score (nSPS) is 11.2. The Morgan fingerprint density at radius 3 is 2.21 bits per heavy atom. The van der Waals surface area contributed by atoms with Crippen molar-refractivity contribution in [3.63, 3.8) is 0 Å². The number of pyridine rings is 1. The molecule has 0 amide bonds. The zero-order valence-corrected chi connectivity index (χ0v) is 10.9. The molecule has 1 aromatic heterocycles. The van der Waals surface area contributed by atoms with Gasteiger partial charge in [-0.3, -0.25) is 0 Å². The van der Waals surface area contributed by atoms with Crippen molar-refractivity contribution >= 4 is 15.8 Å². The lowest BCUT2D eigenvalue weighted by Crippen LogP contribution is -2.06. The van der Waals surface area contributed by atoms with Gasteiger partial charge in [0, 0.05) is 6.20 Å². The molecular formula is C13H11NO4S.